The van der Waals surface area contributed by atoms with Gasteiger partial charge in [0.1, 0.15) is 5.65 Å². The van der Waals surface area contributed by atoms with Gasteiger partial charge in [0, 0.05) is 12.4 Å². The van der Waals surface area contributed by atoms with Crippen LogP contribution in [-0.4, -0.2) is 27.9 Å². The number of likely N-dealkylation sites (tertiary alicyclic amines) is 1. The first-order chi connectivity index (χ1) is 7.74. The van der Waals surface area contributed by atoms with E-state index in [1.807, 2.05) is 22.7 Å². The van der Waals surface area contributed by atoms with Gasteiger partial charge in [0.05, 0.1) is 16.8 Å². The number of imidazole rings is 1. The van der Waals surface area contributed by atoms with Crippen LogP contribution in [-0.2, 0) is 0 Å². The van der Waals surface area contributed by atoms with Crippen LogP contribution in [0.3, 0.4) is 0 Å². The third-order valence-corrected chi connectivity index (χ3v) is 3.52. The van der Waals surface area contributed by atoms with E-state index in [-0.39, 0.29) is 0 Å². The van der Waals surface area contributed by atoms with Crippen molar-refractivity contribution in [1.82, 2.24) is 14.3 Å². The first-order valence-electron chi connectivity index (χ1n) is 5.58. The summed E-state index contributed by atoms with van der Waals surface area (Å²) in [5.74, 6) is 0. The second kappa shape index (κ2) is 3.75. The summed E-state index contributed by atoms with van der Waals surface area (Å²) in [6.45, 7) is 1.17. The number of halogens is 1. The van der Waals surface area contributed by atoms with Gasteiger partial charge in [-0.2, -0.15) is 0 Å². The molecule has 0 bridgehead atoms. The monoisotopic (exact) mass is 235 g/mol. The lowest BCUT2D eigenvalue weighted by Gasteiger charge is -2.16. The number of hydrogen-bond donors (Lipinski definition) is 0. The average molecular weight is 236 g/mol. The van der Waals surface area contributed by atoms with Gasteiger partial charge in [0.15, 0.2) is 0 Å². The van der Waals surface area contributed by atoms with Gasteiger partial charge in [-0.3, -0.25) is 4.90 Å². The van der Waals surface area contributed by atoms with Crippen molar-refractivity contribution in [2.75, 3.05) is 13.6 Å². The zero-order valence-electron chi connectivity index (χ0n) is 9.23. The van der Waals surface area contributed by atoms with Gasteiger partial charge < -0.3 is 4.40 Å². The molecule has 3 heterocycles. The summed E-state index contributed by atoms with van der Waals surface area (Å²) in [7, 11) is 2.16. The molecule has 1 atom stereocenters. The van der Waals surface area contributed by atoms with Gasteiger partial charge in [-0.1, -0.05) is 11.6 Å². The van der Waals surface area contributed by atoms with Gasteiger partial charge in [-0.05, 0) is 38.6 Å². The molecule has 0 aliphatic carbocycles. The lowest BCUT2D eigenvalue weighted by atomic mass is 10.2. The van der Waals surface area contributed by atoms with Crippen LogP contribution in [0, 0.1) is 0 Å². The SMILES string of the molecule is CN1CCCC1c1cn2cc(Cl)ccc2n1. The molecule has 0 amide bonds. The highest BCUT2D eigenvalue weighted by molar-refractivity contribution is 6.30. The van der Waals surface area contributed by atoms with Gasteiger partial charge in [-0.15, -0.1) is 0 Å². The zero-order valence-corrected chi connectivity index (χ0v) is 9.98. The Hall–Kier alpha value is -1.06. The van der Waals surface area contributed by atoms with Gasteiger partial charge >= 0.3 is 0 Å². The standard InChI is InChI=1S/C12H14ClN3/c1-15-6-2-3-11(15)10-8-16-7-9(13)4-5-12(16)14-10/h4-5,7-8,11H,2-3,6H2,1H3. The van der Waals surface area contributed by atoms with Crippen LogP contribution in [0.15, 0.2) is 24.5 Å². The van der Waals surface area contributed by atoms with Crippen molar-refractivity contribution < 1.29 is 0 Å². The second-order valence-electron chi connectivity index (χ2n) is 4.42. The number of hydrogen-bond acceptors (Lipinski definition) is 2. The Kier molecular flexibility index (Phi) is 2.37. The molecular formula is C12H14ClN3. The van der Waals surface area contributed by atoms with Crippen LogP contribution in [0.4, 0.5) is 0 Å². The topological polar surface area (TPSA) is 20.5 Å². The van der Waals surface area contributed by atoms with Gasteiger partial charge in [0.2, 0.25) is 0 Å². The van der Waals surface area contributed by atoms with Gasteiger partial charge in [-0.25, -0.2) is 4.98 Å². The van der Waals surface area contributed by atoms with Gasteiger partial charge in [0.25, 0.3) is 0 Å². The van der Waals surface area contributed by atoms with Crippen molar-refractivity contribution in [2.45, 2.75) is 18.9 Å². The van der Waals surface area contributed by atoms with Crippen molar-refractivity contribution in [3.63, 3.8) is 0 Å². The smallest absolute Gasteiger partial charge is 0.137 e. The lowest BCUT2D eigenvalue weighted by molar-refractivity contribution is 0.313. The van der Waals surface area contributed by atoms with E-state index >= 15 is 0 Å². The Labute approximate surface area is 99.7 Å². The predicted molar refractivity (Wildman–Crippen MR) is 64.8 cm³/mol. The lowest BCUT2D eigenvalue weighted by Crippen LogP contribution is -2.17. The summed E-state index contributed by atoms with van der Waals surface area (Å²) in [6, 6.07) is 4.31. The highest BCUT2D eigenvalue weighted by atomic mass is 35.5. The van der Waals surface area contributed by atoms with E-state index in [0.29, 0.717) is 6.04 Å². The quantitative estimate of drug-likeness (QED) is 0.758. The number of aromatic nitrogens is 2. The fourth-order valence-corrected chi connectivity index (χ4v) is 2.60. The van der Waals surface area contributed by atoms with E-state index < -0.39 is 0 Å². The van der Waals surface area contributed by atoms with Crippen LogP contribution in [0.2, 0.25) is 5.02 Å². The molecule has 0 saturated carbocycles. The molecule has 0 aromatic carbocycles. The van der Waals surface area contributed by atoms with Crippen LogP contribution >= 0.6 is 11.6 Å². The summed E-state index contributed by atoms with van der Waals surface area (Å²) >= 11 is 5.96. The molecule has 4 heteroatoms. The molecule has 3 rings (SSSR count). The van der Waals surface area contributed by atoms with Crippen LogP contribution in [0.5, 0.6) is 0 Å². The fourth-order valence-electron chi connectivity index (χ4n) is 2.43. The maximum Gasteiger partial charge on any atom is 0.137 e. The average Bonchev–Trinajstić information content (AvgIpc) is 2.82. The van der Waals surface area contributed by atoms with E-state index in [2.05, 4.69) is 23.1 Å². The fraction of sp³-hybridized carbons (Fsp3) is 0.417. The van der Waals surface area contributed by atoms with Crippen molar-refractivity contribution in [2.24, 2.45) is 0 Å². The minimum Gasteiger partial charge on any atom is -0.305 e. The van der Waals surface area contributed by atoms with E-state index in [4.69, 9.17) is 11.6 Å². The zero-order chi connectivity index (χ0) is 11.1. The maximum absolute atomic E-state index is 5.96. The molecule has 1 fully saturated rings. The largest absolute Gasteiger partial charge is 0.305 e. The molecule has 84 valence electrons. The molecule has 1 unspecified atom stereocenters. The maximum atomic E-state index is 5.96. The number of nitrogens with zero attached hydrogens (tertiary/aromatic N) is 3. The van der Waals surface area contributed by atoms with Crippen LogP contribution in [0.1, 0.15) is 24.6 Å². The van der Waals surface area contributed by atoms with E-state index in [1.165, 1.54) is 19.4 Å². The van der Waals surface area contributed by atoms with E-state index in [1.54, 1.807) is 0 Å². The molecule has 16 heavy (non-hydrogen) atoms. The molecular weight excluding hydrogens is 222 g/mol. The Morgan fingerprint density at radius 3 is 3.00 bits per heavy atom. The van der Waals surface area contributed by atoms with Crippen molar-refractivity contribution in [3.8, 4) is 0 Å². The van der Waals surface area contributed by atoms with Crippen molar-refractivity contribution in [3.05, 3.63) is 35.2 Å². The predicted octanol–water partition coefficient (Wildman–Crippen LogP) is 2.75. The van der Waals surface area contributed by atoms with Crippen LogP contribution in [0.25, 0.3) is 5.65 Å². The Bertz CT molecular complexity index is 520. The third-order valence-electron chi connectivity index (χ3n) is 3.30. The molecule has 2 aromatic heterocycles. The molecule has 3 nitrogen and oxygen atoms in total. The molecule has 0 N–H and O–H groups in total. The molecule has 1 aliphatic rings. The minimum atomic E-state index is 0.471. The summed E-state index contributed by atoms with van der Waals surface area (Å²) in [5.41, 5.74) is 2.13. The Morgan fingerprint density at radius 1 is 1.38 bits per heavy atom. The van der Waals surface area contributed by atoms with Crippen LogP contribution < -0.4 is 0 Å². The number of pyridine rings is 1. The Morgan fingerprint density at radius 2 is 2.25 bits per heavy atom. The molecule has 1 saturated heterocycles. The first kappa shape index (κ1) is 10.1. The third kappa shape index (κ3) is 1.60. The van der Waals surface area contributed by atoms with E-state index in [0.717, 1.165) is 16.4 Å². The molecule has 2 aromatic rings. The highest BCUT2D eigenvalue weighted by Crippen LogP contribution is 2.29. The summed E-state index contributed by atoms with van der Waals surface area (Å²) < 4.78 is 2.00. The number of rotatable bonds is 1. The molecule has 1 aliphatic heterocycles. The molecule has 0 spiro atoms. The summed E-state index contributed by atoms with van der Waals surface area (Å²) in [6.07, 6.45) is 6.46. The first-order valence-corrected chi connectivity index (χ1v) is 5.96. The van der Waals surface area contributed by atoms with E-state index in [9.17, 15) is 0 Å². The van der Waals surface area contributed by atoms with Crippen molar-refractivity contribution in [1.29, 1.82) is 0 Å². The minimum absolute atomic E-state index is 0.471. The normalized spacial score (nSPS) is 22.0. The van der Waals surface area contributed by atoms with Crippen molar-refractivity contribution >= 4 is 17.2 Å². The number of fused-ring (bicyclic) bond motifs is 1. The second-order valence-corrected chi connectivity index (χ2v) is 4.85. The highest BCUT2D eigenvalue weighted by Gasteiger charge is 2.24. The molecule has 0 radical (unpaired) electrons. The summed E-state index contributed by atoms with van der Waals surface area (Å²) in [5, 5.41) is 0.747. The Balaban J connectivity index is 2.04. The summed E-state index contributed by atoms with van der Waals surface area (Å²) in [4.78, 5) is 7.01.